The van der Waals surface area contributed by atoms with Gasteiger partial charge in [0.1, 0.15) is 5.60 Å². The zero-order valence-corrected chi connectivity index (χ0v) is 11.2. The third-order valence-corrected chi connectivity index (χ3v) is 1.69. The van der Waals surface area contributed by atoms with E-state index in [0.29, 0.717) is 10.4 Å². The van der Waals surface area contributed by atoms with Crippen LogP contribution in [-0.2, 0) is 4.74 Å². The van der Waals surface area contributed by atoms with Gasteiger partial charge in [0.2, 0.25) is 0 Å². The first-order valence-electron chi connectivity index (χ1n) is 4.55. The van der Waals surface area contributed by atoms with E-state index >= 15 is 0 Å². The lowest BCUT2D eigenvalue weighted by atomic mass is 10.2. The molecule has 0 aliphatic rings. The smallest absolute Gasteiger partial charge is 0.413 e. The Morgan fingerprint density at radius 3 is 2.50 bits per heavy atom. The van der Waals surface area contributed by atoms with Gasteiger partial charge in [-0.05, 0) is 49.8 Å². The summed E-state index contributed by atoms with van der Waals surface area (Å²) in [6.07, 6.45) is 0.504. The largest absolute Gasteiger partial charge is 0.444 e. The number of carbonyl (C=O) groups excluding carboxylic acids is 1. The van der Waals surface area contributed by atoms with Crippen LogP contribution in [-0.4, -0.2) is 22.1 Å². The fourth-order valence-electron chi connectivity index (χ4n) is 0.637. The molecule has 0 fully saturated rings. The van der Waals surface area contributed by atoms with Crippen LogP contribution in [0.3, 0.4) is 0 Å². The van der Waals surface area contributed by atoms with Gasteiger partial charge >= 0.3 is 6.09 Å². The molecule has 1 amide bonds. The number of aliphatic imine (C=N–C) groups is 1. The third kappa shape index (κ3) is 8.28. The Hall–Kier alpha value is -0.330. The van der Waals surface area contributed by atoms with Crippen LogP contribution in [0.25, 0.3) is 0 Å². The fourth-order valence-corrected chi connectivity index (χ4v) is 1.10. The highest BCUT2D eigenvalue weighted by Crippen LogP contribution is 2.06. The maximum atomic E-state index is 11.2. The molecule has 0 aromatic carbocycles. The zero-order chi connectivity index (χ0) is 11.2. The van der Waals surface area contributed by atoms with Crippen molar-refractivity contribution in [2.24, 2.45) is 4.99 Å². The number of amidine groups is 1. The molecule has 0 rings (SSSR count). The van der Waals surface area contributed by atoms with Crippen LogP contribution < -0.4 is 5.32 Å². The molecule has 4 nitrogen and oxygen atoms in total. The van der Waals surface area contributed by atoms with E-state index in [0.717, 1.165) is 6.42 Å². The summed E-state index contributed by atoms with van der Waals surface area (Å²) in [5, 5.41) is 2.55. The molecule has 0 saturated carbocycles. The molecule has 5 heteroatoms. The fraction of sp³-hybridized carbons (Fsp3) is 0.778. The molecular weight excluding hydrogens is 295 g/mol. The van der Waals surface area contributed by atoms with Crippen molar-refractivity contribution in [1.29, 1.82) is 0 Å². The molecule has 0 aliphatic heterocycles. The molecule has 1 N–H and O–H groups in total. The predicted octanol–water partition coefficient (Wildman–Crippen LogP) is 2.71. The van der Waals surface area contributed by atoms with E-state index in [1.807, 2.05) is 50.3 Å². The lowest BCUT2D eigenvalue weighted by Gasteiger charge is -2.19. The van der Waals surface area contributed by atoms with Gasteiger partial charge in [-0.1, -0.05) is 6.92 Å². The molecule has 0 spiro atoms. The summed E-state index contributed by atoms with van der Waals surface area (Å²) >= 11 is 1.97. The van der Waals surface area contributed by atoms with Gasteiger partial charge in [0.15, 0.2) is 3.84 Å². The van der Waals surface area contributed by atoms with Crippen molar-refractivity contribution in [2.45, 2.75) is 39.7 Å². The maximum Gasteiger partial charge on any atom is 0.413 e. The van der Waals surface area contributed by atoms with Gasteiger partial charge in [-0.2, -0.15) is 0 Å². The second-order valence-electron chi connectivity index (χ2n) is 3.80. The van der Waals surface area contributed by atoms with Crippen molar-refractivity contribution in [3.63, 3.8) is 0 Å². The van der Waals surface area contributed by atoms with Gasteiger partial charge in [-0.3, -0.25) is 10.3 Å². The number of hydrogen-bond donors (Lipinski definition) is 1. The minimum atomic E-state index is -0.467. The average molecular weight is 312 g/mol. The van der Waals surface area contributed by atoms with Crippen molar-refractivity contribution in [1.82, 2.24) is 5.32 Å². The Morgan fingerprint density at radius 1 is 1.50 bits per heavy atom. The highest BCUT2D eigenvalue weighted by molar-refractivity contribution is 14.1. The van der Waals surface area contributed by atoms with Gasteiger partial charge in [-0.25, -0.2) is 4.79 Å². The van der Waals surface area contributed by atoms with Gasteiger partial charge in [0, 0.05) is 6.54 Å². The Kier molecular flexibility index (Phi) is 6.06. The van der Waals surface area contributed by atoms with Crippen molar-refractivity contribution in [3.8, 4) is 0 Å². The molecule has 0 atom stereocenters. The van der Waals surface area contributed by atoms with E-state index in [1.165, 1.54) is 0 Å². The monoisotopic (exact) mass is 312 g/mol. The highest BCUT2D eigenvalue weighted by Gasteiger charge is 2.16. The highest BCUT2D eigenvalue weighted by atomic mass is 127. The number of nitrogens with zero attached hydrogens (tertiary/aromatic N) is 1. The van der Waals surface area contributed by atoms with Crippen LogP contribution in [0, 0.1) is 0 Å². The first-order valence-corrected chi connectivity index (χ1v) is 5.63. The summed E-state index contributed by atoms with van der Waals surface area (Å²) < 4.78 is 5.62. The van der Waals surface area contributed by atoms with Crippen molar-refractivity contribution < 1.29 is 9.53 Å². The number of halogens is 1. The molecule has 0 heterocycles. The van der Waals surface area contributed by atoms with Crippen LogP contribution in [0.5, 0.6) is 0 Å². The number of hydrogen-bond acceptors (Lipinski definition) is 3. The molecule has 82 valence electrons. The van der Waals surface area contributed by atoms with Crippen LogP contribution in [0.2, 0.25) is 0 Å². The van der Waals surface area contributed by atoms with E-state index in [9.17, 15) is 4.79 Å². The standard InChI is InChI=1S/C9H17IN2O2/c1-5-6-11-7(10)12-8(13)14-9(2,3)4/h5-6H2,1-4H3,(H,11,12,13). The van der Waals surface area contributed by atoms with Crippen LogP contribution >= 0.6 is 22.6 Å². The zero-order valence-electron chi connectivity index (χ0n) is 9.06. The number of alkyl carbamates (subject to hydrolysis) is 1. The number of carbonyl (C=O) groups is 1. The van der Waals surface area contributed by atoms with E-state index in [4.69, 9.17) is 4.74 Å². The van der Waals surface area contributed by atoms with Crippen LogP contribution in [0.4, 0.5) is 4.79 Å². The summed E-state index contributed by atoms with van der Waals surface area (Å²) in [7, 11) is 0. The van der Waals surface area contributed by atoms with E-state index in [1.54, 1.807) is 0 Å². The molecule has 0 aliphatic carbocycles. The van der Waals surface area contributed by atoms with Crippen LogP contribution in [0.15, 0.2) is 4.99 Å². The average Bonchev–Trinajstić information content (AvgIpc) is 1.96. The first kappa shape index (κ1) is 13.7. The second-order valence-corrected chi connectivity index (χ2v) is 4.82. The van der Waals surface area contributed by atoms with Gasteiger partial charge in [-0.15, -0.1) is 0 Å². The lowest BCUT2D eigenvalue weighted by molar-refractivity contribution is 0.0565. The molecule has 0 aromatic heterocycles. The minimum absolute atomic E-state index is 0.457. The Bertz CT molecular complexity index is 221. The van der Waals surface area contributed by atoms with Gasteiger partial charge in [0.25, 0.3) is 0 Å². The Balaban J connectivity index is 3.95. The van der Waals surface area contributed by atoms with Crippen molar-refractivity contribution in [3.05, 3.63) is 0 Å². The third-order valence-electron chi connectivity index (χ3n) is 1.08. The summed E-state index contributed by atoms with van der Waals surface area (Å²) in [6, 6.07) is 0. The minimum Gasteiger partial charge on any atom is -0.444 e. The predicted molar refractivity (Wildman–Crippen MR) is 66.0 cm³/mol. The molecular formula is C9H17IN2O2. The summed E-state index contributed by atoms with van der Waals surface area (Å²) in [4.78, 5) is 15.3. The van der Waals surface area contributed by atoms with Gasteiger partial charge in [0.05, 0.1) is 0 Å². The molecule has 0 bridgehead atoms. The van der Waals surface area contributed by atoms with Crippen LogP contribution in [0.1, 0.15) is 34.1 Å². The summed E-state index contributed by atoms with van der Waals surface area (Å²) in [5.74, 6) is 0. The second kappa shape index (κ2) is 6.21. The van der Waals surface area contributed by atoms with E-state index in [-0.39, 0.29) is 0 Å². The Labute approximate surface area is 98.6 Å². The first-order chi connectivity index (χ1) is 6.35. The number of nitrogens with one attached hydrogen (secondary N) is 1. The topological polar surface area (TPSA) is 50.7 Å². The number of rotatable bonds is 2. The lowest BCUT2D eigenvalue weighted by Crippen LogP contribution is -2.34. The Morgan fingerprint density at radius 2 is 2.07 bits per heavy atom. The molecule has 0 radical (unpaired) electrons. The number of ether oxygens (including phenoxy) is 1. The van der Waals surface area contributed by atoms with Gasteiger partial charge < -0.3 is 4.74 Å². The normalized spacial score (nSPS) is 12.5. The van der Waals surface area contributed by atoms with E-state index in [2.05, 4.69) is 10.3 Å². The van der Waals surface area contributed by atoms with Crippen molar-refractivity contribution in [2.75, 3.05) is 6.54 Å². The molecule has 14 heavy (non-hydrogen) atoms. The quantitative estimate of drug-likeness (QED) is 0.369. The summed E-state index contributed by atoms with van der Waals surface area (Å²) in [5.41, 5.74) is -0.467. The number of amides is 1. The molecule has 0 unspecified atom stereocenters. The summed E-state index contributed by atoms with van der Waals surface area (Å²) in [6.45, 7) is 8.21. The maximum absolute atomic E-state index is 11.2. The molecule has 0 aromatic rings. The van der Waals surface area contributed by atoms with E-state index < -0.39 is 11.7 Å². The molecule has 0 saturated heterocycles. The van der Waals surface area contributed by atoms with Crippen molar-refractivity contribution >= 4 is 32.5 Å². The SMILES string of the molecule is CCCN=C(I)NC(=O)OC(C)(C)C.